The van der Waals surface area contributed by atoms with Crippen molar-refractivity contribution in [2.24, 2.45) is 0 Å². The Labute approximate surface area is 196 Å². The van der Waals surface area contributed by atoms with Crippen LogP contribution in [0.25, 0.3) is 0 Å². The van der Waals surface area contributed by atoms with Crippen LogP contribution in [0.1, 0.15) is 27.3 Å². The van der Waals surface area contributed by atoms with Crippen LogP contribution in [-0.2, 0) is 24.2 Å². The third-order valence-corrected chi connectivity index (χ3v) is 6.52. The third-order valence-electron chi connectivity index (χ3n) is 6.52. The minimum atomic E-state index is -0.334. The number of nitrogens with one attached hydrogen (secondary N) is 1. The molecule has 5 rings (SSSR count). The van der Waals surface area contributed by atoms with Gasteiger partial charge in [-0.2, -0.15) is 5.10 Å². The molecule has 2 aliphatic rings. The maximum absolute atomic E-state index is 13.3. The molecule has 9 heteroatoms. The van der Waals surface area contributed by atoms with E-state index >= 15 is 0 Å². The van der Waals surface area contributed by atoms with E-state index in [1.54, 1.807) is 34.1 Å². The molecule has 0 unspecified atom stereocenters. The Morgan fingerprint density at radius 2 is 1.50 bits per heavy atom. The number of amides is 2. The van der Waals surface area contributed by atoms with Gasteiger partial charge < -0.3 is 14.7 Å². The molecule has 0 saturated carbocycles. The van der Waals surface area contributed by atoms with Crippen LogP contribution in [-0.4, -0.2) is 64.5 Å². The highest BCUT2D eigenvalue weighted by molar-refractivity contribution is 5.94. The SMILES string of the molecule is O=C(Cc1ccc(F)cc1)N1CCc2[nH]nc(C(=O)N3CCN(c4ccc(F)cc4)CC3)c2C1. The van der Waals surface area contributed by atoms with Gasteiger partial charge in [-0.15, -0.1) is 0 Å². The zero-order valence-electron chi connectivity index (χ0n) is 18.6. The van der Waals surface area contributed by atoms with Crippen molar-refractivity contribution in [3.05, 3.63) is 82.7 Å². The molecule has 0 bridgehead atoms. The molecule has 2 aliphatic heterocycles. The van der Waals surface area contributed by atoms with Crippen molar-refractivity contribution >= 4 is 17.5 Å². The van der Waals surface area contributed by atoms with Gasteiger partial charge in [0.15, 0.2) is 5.69 Å². The number of H-pyrrole nitrogens is 1. The molecule has 1 saturated heterocycles. The number of benzene rings is 2. The van der Waals surface area contributed by atoms with Crippen LogP contribution in [0.3, 0.4) is 0 Å². The highest BCUT2D eigenvalue weighted by atomic mass is 19.1. The number of aromatic amines is 1. The second-order valence-electron chi connectivity index (χ2n) is 8.65. The zero-order chi connectivity index (χ0) is 23.7. The van der Waals surface area contributed by atoms with Crippen LogP contribution >= 0.6 is 0 Å². The molecule has 0 spiro atoms. The lowest BCUT2D eigenvalue weighted by atomic mass is 10.0. The predicted octanol–water partition coefficient (Wildman–Crippen LogP) is 2.78. The molecule has 0 aliphatic carbocycles. The van der Waals surface area contributed by atoms with Gasteiger partial charge in [0.1, 0.15) is 11.6 Å². The summed E-state index contributed by atoms with van der Waals surface area (Å²) in [6, 6.07) is 12.3. The summed E-state index contributed by atoms with van der Waals surface area (Å²) in [5.74, 6) is -0.821. The van der Waals surface area contributed by atoms with E-state index in [-0.39, 0.29) is 29.9 Å². The Morgan fingerprint density at radius 3 is 2.18 bits per heavy atom. The number of rotatable bonds is 4. The number of piperazine rings is 1. The van der Waals surface area contributed by atoms with Gasteiger partial charge in [0.2, 0.25) is 5.91 Å². The number of halogens is 2. The summed E-state index contributed by atoms with van der Waals surface area (Å²) in [5, 5.41) is 7.27. The van der Waals surface area contributed by atoms with Crippen LogP contribution in [0.15, 0.2) is 48.5 Å². The average Bonchev–Trinajstić information content (AvgIpc) is 3.29. The molecular formula is C25H25F2N5O2. The van der Waals surface area contributed by atoms with Gasteiger partial charge in [-0.3, -0.25) is 14.7 Å². The summed E-state index contributed by atoms with van der Waals surface area (Å²) in [4.78, 5) is 31.7. The van der Waals surface area contributed by atoms with Crippen molar-refractivity contribution in [3.8, 4) is 0 Å². The van der Waals surface area contributed by atoms with Crippen molar-refractivity contribution in [2.75, 3.05) is 37.6 Å². The highest BCUT2D eigenvalue weighted by Gasteiger charge is 2.31. The monoisotopic (exact) mass is 465 g/mol. The van der Waals surface area contributed by atoms with Crippen molar-refractivity contribution in [3.63, 3.8) is 0 Å². The molecule has 34 heavy (non-hydrogen) atoms. The Balaban J connectivity index is 1.23. The predicted molar refractivity (Wildman–Crippen MR) is 122 cm³/mol. The molecule has 1 fully saturated rings. The summed E-state index contributed by atoms with van der Waals surface area (Å²) in [7, 11) is 0. The highest BCUT2D eigenvalue weighted by Crippen LogP contribution is 2.24. The summed E-state index contributed by atoms with van der Waals surface area (Å²) < 4.78 is 26.3. The molecule has 176 valence electrons. The van der Waals surface area contributed by atoms with E-state index in [4.69, 9.17) is 0 Å². The van der Waals surface area contributed by atoms with E-state index in [2.05, 4.69) is 15.1 Å². The van der Waals surface area contributed by atoms with Crippen molar-refractivity contribution in [1.82, 2.24) is 20.0 Å². The van der Waals surface area contributed by atoms with Crippen LogP contribution in [0, 0.1) is 11.6 Å². The Hall–Kier alpha value is -3.75. The summed E-state index contributed by atoms with van der Waals surface area (Å²) >= 11 is 0. The maximum Gasteiger partial charge on any atom is 0.274 e. The fourth-order valence-corrected chi connectivity index (χ4v) is 4.54. The summed E-state index contributed by atoms with van der Waals surface area (Å²) in [5.41, 5.74) is 3.70. The number of anilines is 1. The lowest BCUT2D eigenvalue weighted by Gasteiger charge is -2.36. The first-order valence-corrected chi connectivity index (χ1v) is 11.4. The maximum atomic E-state index is 13.3. The number of fused-ring (bicyclic) bond motifs is 1. The average molecular weight is 466 g/mol. The molecule has 1 N–H and O–H groups in total. The normalized spacial score (nSPS) is 15.9. The van der Waals surface area contributed by atoms with E-state index in [9.17, 15) is 18.4 Å². The van der Waals surface area contributed by atoms with Gasteiger partial charge in [0.05, 0.1) is 6.42 Å². The molecule has 1 aromatic heterocycles. The topological polar surface area (TPSA) is 72.5 Å². The third kappa shape index (κ3) is 4.50. The first-order valence-electron chi connectivity index (χ1n) is 11.4. The second kappa shape index (κ2) is 9.24. The van der Waals surface area contributed by atoms with Crippen molar-refractivity contribution in [1.29, 1.82) is 0 Å². The van der Waals surface area contributed by atoms with Gasteiger partial charge in [0.25, 0.3) is 5.91 Å². The van der Waals surface area contributed by atoms with Gasteiger partial charge in [-0.05, 0) is 42.0 Å². The van der Waals surface area contributed by atoms with Gasteiger partial charge in [-0.1, -0.05) is 12.1 Å². The van der Waals surface area contributed by atoms with E-state index in [1.807, 2.05) is 0 Å². The molecule has 3 aromatic rings. The number of nitrogens with zero attached hydrogens (tertiary/aromatic N) is 4. The quantitative estimate of drug-likeness (QED) is 0.643. The van der Waals surface area contributed by atoms with Crippen molar-refractivity contribution < 1.29 is 18.4 Å². The number of aromatic nitrogens is 2. The lowest BCUT2D eigenvalue weighted by molar-refractivity contribution is -0.131. The molecule has 7 nitrogen and oxygen atoms in total. The fourth-order valence-electron chi connectivity index (χ4n) is 4.54. The molecule has 2 amide bonds. The minimum absolute atomic E-state index is 0.0650. The Bertz CT molecular complexity index is 1190. The second-order valence-corrected chi connectivity index (χ2v) is 8.65. The van der Waals surface area contributed by atoms with Gasteiger partial charge in [-0.25, -0.2) is 8.78 Å². The van der Waals surface area contributed by atoms with E-state index in [0.717, 1.165) is 22.5 Å². The van der Waals surface area contributed by atoms with Crippen LogP contribution in [0.4, 0.5) is 14.5 Å². The Morgan fingerprint density at radius 1 is 0.853 bits per heavy atom. The smallest absolute Gasteiger partial charge is 0.274 e. The summed E-state index contributed by atoms with van der Waals surface area (Å²) in [6.45, 7) is 3.22. The molecule has 0 radical (unpaired) electrons. The van der Waals surface area contributed by atoms with Crippen LogP contribution in [0.2, 0.25) is 0 Å². The van der Waals surface area contributed by atoms with Gasteiger partial charge >= 0.3 is 0 Å². The zero-order valence-corrected chi connectivity index (χ0v) is 18.6. The number of carbonyl (C=O) groups excluding carboxylic acids is 2. The Kier molecular flexibility index (Phi) is 6.00. The largest absolute Gasteiger partial charge is 0.368 e. The number of hydrogen-bond acceptors (Lipinski definition) is 4. The van der Waals surface area contributed by atoms with Crippen LogP contribution < -0.4 is 4.90 Å². The molecule has 3 heterocycles. The van der Waals surface area contributed by atoms with Crippen molar-refractivity contribution in [2.45, 2.75) is 19.4 Å². The first kappa shape index (κ1) is 22.1. The van der Waals surface area contributed by atoms with E-state index in [0.29, 0.717) is 51.4 Å². The standard InChI is InChI=1S/C25H25F2N5O2/c26-18-3-1-17(2-4-18)15-23(33)32-10-9-22-21(16-32)24(29-28-22)25(34)31-13-11-30(12-14-31)20-7-5-19(27)6-8-20/h1-8H,9-16H2,(H,28,29). The number of hydrogen-bond donors (Lipinski definition) is 1. The molecule has 2 aromatic carbocycles. The van der Waals surface area contributed by atoms with Crippen LogP contribution in [0.5, 0.6) is 0 Å². The number of carbonyl (C=O) groups is 2. The minimum Gasteiger partial charge on any atom is -0.368 e. The van der Waals surface area contributed by atoms with Gasteiger partial charge in [0, 0.05) is 62.6 Å². The van der Waals surface area contributed by atoms with E-state index in [1.165, 1.54) is 24.3 Å². The summed E-state index contributed by atoms with van der Waals surface area (Å²) in [6.07, 6.45) is 0.783. The molecule has 0 atom stereocenters. The van der Waals surface area contributed by atoms with E-state index < -0.39 is 0 Å². The molecular weight excluding hydrogens is 440 g/mol. The first-order chi connectivity index (χ1) is 16.5. The lowest BCUT2D eigenvalue weighted by Crippen LogP contribution is -2.49. The fraction of sp³-hybridized carbons (Fsp3) is 0.320.